The molecule has 0 saturated carbocycles. The first-order valence-corrected chi connectivity index (χ1v) is 7.78. The van der Waals surface area contributed by atoms with E-state index in [4.69, 9.17) is 16.3 Å². The smallest absolute Gasteiger partial charge is 0.276 e. The maximum atomic E-state index is 12.1. The van der Waals surface area contributed by atoms with Crippen LogP contribution in [-0.4, -0.2) is 15.7 Å². The van der Waals surface area contributed by atoms with Crippen molar-refractivity contribution in [3.8, 4) is 5.75 Å². The van der Waals surface area contributed by atoms with Gasteiger partial charge in [0, 0.05) is 16.9 Å². The molecule has 1 N–H and O–H groups in total. The normalized spacial score (nSPS) is 10.4. The molecule has 0 aliphatic rings. The number of benzene rings is 2. The molecule has 0 unspecified atom stereocenters. The van der Waals surface area contributed by atoms with Crippen LogP contribution in [0.3, 0.4) is 0 Å². The molecule has 1 heterocycles. The summed E-state index contributed by atoms with van der Waals surface area (Å²) >= 11 is 5.98. The summed E-state index contributed by atoms with van der Waals surface area (Å²) in [6.45, 7) is 2.12. The number of carbonyl (C=O) groups is 1. The molecule has 1 amide bonds. The van der Waals surface area contributed by atoms with E-state index in [0.29, 0.717) is 16.5 Å². The highest BCUT2D eigenvalue weighted by atomic mass is 35.5. The molecular weight excluding hydrogens is 326 g/mol. The number of ether oxygens (including phenoxy) is 1. The Kier molecular flexibility index (Phi) is 4.82. The van der Waals surface area contributed by atoms with Crippen LogP contribution < -0.4 is 10.1 Å². The summed E-state index contributed by atoms with van der Waals surface area (Å²) < 4.78 is 7.21. The van der Waals surface area contributed by atoms with E-state index >= 15 is 0 Å². The number of hydrogen-bond acceptors (Lipinski definition) is 3. The number of aromatic nitrogens is 2. The second-order valence-corrected chi connectivity index (χ2v) is 5.65. The summed E-state index contributed by atoms with van der Waals surface area (Å²) in [6.07, 6.45) is 1.70. The quantitative estimate of drug-likeness (QED) is 0.759. The minimum atomic E-state index is -0.262. The number of amides is 1. The van der Waals surface area contributed by atoms with Crippen LogP contribution >= 0.6 is 11.6 Å². The molecule has 5 nitrogen and oxygen atoms in total. The third-order valence-corrected chi connectivity index (χ3v) is 3.82. The maximum Gasteiger partial charge on any atom is 0.276 e. The topological polar surface area (TPSA) is 56.1 Å². The van der Waals surface area contributed by atoms with Gasteiger partial charge in [-0.1, -0.05) is 29.8 Å². The van der Waals surface area contributed by atoms with Crippen molar-refractivity contribution in [2.24, 2.45) is 0 Å². The van der Waals surface area contributed by atoms with E-state index in [-0.39, 0.29) is 12.6 Å². The number of nitrogens with one attached hydrogen (secondary N) is 1. The number of halogens is 1. The maximum absolute atomic E-state index is 12.1. The second kappa shape index (κ2) is 7.19. The molecule has 0 radical (unpaired) electrons. The molecule has 6 heteroatoms. The van der Waals surface area contributed by atoms with Gasteiger partial charge in [0.2, 0.25) is 0 Å². The van der Waals surface area contributed by atoms with Crippen molar-refractivity contribution in [2.45, 2.75) is 13.7 Å². The van der Waals surface area contributed by atoms with Gasteiger partial charge >= 0.3 is 0 Å². The molecule has 0 aliphatic heterocycles. The highest BCUT2D eigenvalue weighted by Crippen LogP contribution is 2.21. The molecule has 0 saturated heterocycles. The summed E-state index contributed by atoms with van der Waals surface area (Å²) in [7, 11) is 0. The Hall–Kier alpha value is -2.79. The van der Waals surface area contributed by atoms with Crippen molar-refractivity contribution >= 4 is 23.2 Å². The van der Waals surface area contributed by atoms with Crippen LogP contribution in [0.2, 0.25) is 5.02 Å². The molecule has 0 bridgehead atoms. The van der Waals surface area contributed by atoms with Gasteiger partial charge in [-0.05, 0) is 48.9 Å². The van der Waals surface area contributed by atoms with Crippen LogP contribution in [0.1, 0.15) is 16.1 Å². The molecule has 24 heavy (non-hydrogen) atoms. The van der Waals surface area contributed by atoms with Gasteiger partial charge in [0.05, 0.1) is 0 Å². The summed E-state index contributed by atoms with van der Waals surface area (Å²) in [5.74, 6) is 0.435. The van der Waals surface area contributed by atoms with Gasteiger partial charge in [-0.15, -0.1) is 0 Å². The first kappa shape index (κ1) is 16.1. The van der Waals surface area contributed by atoms with E-state index < -0.39 is 0 Å². The number of anilines is 1. The van der Waals surface area contributed by atoms with Gasteiger partial charge in [0.1, 0.15) is 5.75 Å². The van der Waals surface area contributed by atoms with Crippen molar-refractivity contribution < 1.29 is 9.53 Å². The van der Waals surface area contributed by atoms with E-state index in [1.165, 1.54) is 0 Å². The van der Waals surface area contributed by atoms with Gasteiger partial charge in [-0.3, -0.25) is 4.79 Å². The third-order valence-electron chi connectivity index (χ3n) is 3.40. The Morgan fingerprint density at radius 2 is 2.00 bits per heavy atom. The zero-order chi connectivity index (χ0) is 16.9. The predicted molar refractivity (Wildman–Crippen MR) is 93.4 cm³/mol. The number of carbonyl (C=O) groups excluding carboxylic acids is 1. The standard InChI is InChI=1S/C18H16ClN3O2/c1-13-11-15(7-8-16(13)19)24-12-22-10-9-17(21-22)18(23)20-14-5-3-2-4-6-14/h2-11H,12H2,1H3,(H,20,23). The fourth-order valence-corrected chi connectivity index (χ4v) is 2.24. The zero-order valence-electron chi connectivity index (χ0n) is 13.1. The van der Waals surface area contributed by atoms with E-state index in [9.17, 15) is 4.79 Å². The molecule has 3 rings (SSSR count). The van der Waals surface area contributed by atoms with E-state index in [1.54, 1.807) is 29.1 Å². The largest absolute Gasteiger partial charge is 0.471 e. The predicted octanol–water partition coefficient (Wildman–Crippen LogP) is 4.13. The van der Waals surface area contributed by atoms with E-state index in [2.05, 4.69) is 10.4 Å². The fraction of sp³-hybridized carbons (Fsp3) is 0.111. The average molecular weight is 342 g/mol. The Balaban J connectivity index is 1.60. The fourth-order valence-electron chi connectivity index (χ4n) is 2.12. The van der Waals surface area contributed by atoms with Gasteiger partial charge in [0.15, 0.2) is 12.4 Å². The van der Waals surface area contributed by atoms with Gasteiger partial charge in [0.25, 0.3) is 5.91 Å². The molecular formula is C18H16ClN3O2. The van der Waals surface area contributed by atoms with Gasteiger partial charge in [-0.25, -0.2) is 4.68 Å². The number of nitrogens with zero attached hydrogens (tertiary/aromatic N) is 2. The first-order chi connectivity index (χ1) is 11.6. The Morgan fingerprint density at radius 1 is 1.21 bits per heavy atom. The van der Waals surface area contributed by atoms with Crippen LogP contribution in [0, 0.1) is 6.92 Å². The molecule has 1 aromatic heterocycles. The highest BCUT2D eigenvalue weighted by molar-refractivity contribution is 6.31. The van der Waals surface area contributed by atoms with Crippen molar-refractivity contribution in [3.05, 3.63) is 77.1 Å². The summed E-state index contributed by atoms with van der Waals surface area (Å²) in [5, 5.41) is 7.70. The van der Waals surface area contributed by atoms with Crippen molar-refractivity contribution in [1.82, 2.24) is 9.78 Å². The van der Waals surface area contributed by atoms with E-state index in [1.807, 2.05) is 43.3 Å². The Morgan fingerprint density at radius 3 is 2.75 bits per heavy atom. The molecule has 0 fully saturated rings. The highest BCUT2D eigenvalue weighted by Gasteiger charge is 2.10. The lowest BCUT2D eigenvalue weighted by Gasteiger charge is -2.07. The van der Waals surface area contributed by atoms with Crippen LogP contribution in [-0.2, 0) is 6.73 Å². The van der Waals surface area contributed by atoms with Crippen molar-refractivity contribution in [2.75, 3.05) is 5.32 Å². The monoisotopic (exact) mass is 341 g/mol. The van der Waals surface area contributed by atoms with E-state index in [0.717, 1.165) is 11.3 Å². The van der Waals surface area contributed by atoms with Crippen LogP contribution in [0.15, 0.2) is 60.8 Å². The molecule has 0 spiro atoms. The Bertz CT molecular complexity index is 846. The number of hydrogen-bond donors (Lipinski definition) is 1. The second-order valence-electron chi connectivity index (χ2n) is 5.25. The van der Waals surface area contributed by atoms with Crippen molar-refractivity contribution in [3.63, 3.8) is 0 Å². The van der Waals surface area contributed by atoms with Crippen LogP contribution in [0.5, 0.6) is 5.75 Å². The van der Waals surface area contributed by atoms with Gasteiger partial charge < -0.3 is 10.1 Å². The van der Waals surface area contributed by atoms with Gasteiger partial charge in [-0.2, -0.15) is 5.10 Å². The lowest BCUT2D eigenvalue weighted by molar-refractivity contribution is 0.102. The first-order valence-electron chi connectivity index (χ1n) is 7.40. The molecule has 122 valence electrons. The average Bonchev–Trinajstić information content (AvgIpc) is 3.06. The molecule has 0 atom stereocenters. The lowest BCUT2D eigenvalue weighted by Crippen LogP contribution is -2.14. The summed E-state index contributed by atoms with van der Waals surface area (Å²) in [5.41, 5.74) is 2.00. The van der Waals surface area contributed by atoms with Crippen LogP contribution in [0.25, 0.3) is 0 Å². The molecule has 3 aromatic rings. The number of aryl methyl sites for hydroxylation is 1. The molecule has 2 aromatic carbocycles. The summed E-state index contributed by atoms with van der Waals surface area (Å²) in [4.78, 5) is 12.1. The number of rotatable bonds is 5. The SMILES string of the molecule is Cc1cc(OCn2ccc(C(=O)Nc3ccccc3)n2)ccc1Cl. The van der Waals surface area contributed by atoms with Crippen LogP contribution in [0.4, 0.5) is 5.69 Å². The lowest BCUT2D eigenvalue weighted by atomic mass is 10.2. The Labute approximate surface area is 144 Å². The minimum Gasteiger partial charge on any atom is -0.471 e. The molecule has 0 aliphatic carbocycles. The third kappa shape index (κ3) is 3.94. The summed E-state index contributed by atoms with van der Waals surface area (Å²) in [6, 6.07) is 16.3. The minimum absolute atomic E-state index is 0.208. The number of para-hydroxylation sites is 1. The zero-order valence-corrected chi connectivity index (χ0v) is 13.8. The van der Waals surface area contributed by atoms with Crippen molar-refractivity contribution in [1.29, 1.82) is 0 Å².